The highest BCUT2D eigenvalue weighted by atomic mass is 32.1. The first-order chi connectivity index (χ1) is 39.4. The second-order valence-electron chi connectivity index (χ2n) is 17.4. The highest BCUT2D eigenvalue weighted by Crippen LogP contribution is 2.29. The van der Waals surface area contributed by atoms with Crippen LogP contribution in [0, 0.1) is 0 Å². The van der Waals surface area contributed by atoms with E-state index in [1.165, 1.54) is 11.3 Å². The van der Waals surface area contributed by atoms with Crippen LogP contribution in [0.5, 0.6) is 11.5 Å². The third-order valence-electron chi connectivity index (χ3n) is 11.3. The number of hydrogen-bond donors (Lipinski definition) is 1. The Hall–Kier alpha value is -8.50. The number of benzene rings is 4. The minimum Gasteiger partial charge on any atom is -0.490 e. The van der Waals surface area contributed by atoms with Crippen LogP contribution in [0.4, 0.5) is 5.13 Å². The summed E-state index contributed by atoms with van der Waals surface area (Å²) in [6.07, 6.45) is 7.46. The van der Waals surface area contributed by atoms with E-state index in [1.807, 2.05) is 42.5 Å². The van der Waals surface area contributed by atoms with Gasteiger partial charge in [-0.3, -0.25) is 0 Å². The van der Waals surface area contributed by atoms with E-state index >= 15 is 0 Å². The second-order valence-corrected chi connectivity index (χ2v) is 18.4. The number of aliphatic hydroxyl groups is 1. The molecule has 20 nitrogen and oxygen atoms in total. The zero-order valence-electron chi connectivity index (χ0n) is 45.0. The Kier molecular flexibility index (Phi) is 28.1. The van der Waals surface area contributed by atoms with E-state index in [-0.39, 0.29) is 77.1 Å². The number of fused-ring (bicyclic) bond motifs is 1. The van der Waals surface area contributed by atoms with Crippen molar-refractivity contribution in [2.24, 2.45) is 5.10 Å². The van der Waals surface area contributed by atoms with Gasteiger partial charge in [0.15, 0.2) is 12.2 Å². The topological polar surface area (TPSA) is 243 Å². The molecule has 5 rings (SSSR count). The number of rotatable bonds is 39. The number of carbonyl (C=O) groups excluding carboxylic acids is 6. The number of nitrogens with zero attached hydrogens (tertiary/aromatic N) is 3. The van der Waals surface area contributed by atoms with Gasteiger partial charge >= 0.3 is 35.8 Å². The SMILES string of the molecule is C=CC(=O)OCCCCOCC(COc1ccc(C(=O)OCCc2ccc(CCOC(=O)c3ccc(OCC(COCCCCOC(=O)C=C)OC(=O)C=C)cc3)c(/C=N/N(CCO)c3nc4ccccc4s3)c2)cc1)OC(=O)C=C. The standard InChI is InChI=1S/C60H67N3O17S/c1-5-54(65)73-33-13-11-31-71-39-50(79-56(67)7-3)41-77-48-23-19-45(20-24-48)58(69)75-35-27-43-17-18-44(47(37-43)38-61-63(29-30-64)60-62-52-15-9-10-16-53(52)81-60)28-36-76-59(70)46-21-25-49(26-22-46)78-42-51(80-57(68)8-4)40-72-32-12-14-34-74-55(66)6-2/h5-10,15-26,37-38,50-51,64H,1-4,11-14,27-36,39-42H2/b61-38+. The lowest BCUT2D eigenvalue weighted by molar-refractivity contribution is -0.148. The molecule has 1 N–H and O–H groups in total. The molecule has 5 aromatic rings. The van der Waals surface area contributed by atoms with E-state index < -0.39 is 48.0 Å². The molecule has 0 spiro atoms. The molecule has 1 heterocycles. The summed E-state index contributed by atoms with van der Waals surface area (Å²) in [6, 6.07) is 26.0. The average molecular weight is 1130 g/mol. The number of esters is 6. The molecule has 0 radical (unpaired) electrons. The lowest BCUT2D eigenvalue weighted by Gasteiger charge is -2.18. The van der Waals surface area contributed by atoms with Gasteiger partial charge < -0.3 is 52.5 Å². The minimum absolute atomic E-state index is 0.0181. The molecule has 1 aromatic heterocycles. The van der Waals surface area contributed by atoms with Crippen molar-refractivity contribution in [2.45, 2.75) is 50.7 Å². The lowest BCUT2D eigenvalue weighted by Crippen LogP contribution is -2.29. The fourth-order valence-electron chi connectivity index (χ4n) is 7.14. The number of unbranched alkanes of at least 4 members (excludes halogenated alkanes) is 2. The van der Waals surface area contributed by atoms with Crippen LogP contribution >= 0.6 is 11.3 Å². The van der Waals surface area contributed by atoms with Crippen LogP contribution in [0.3, 0.4) is 0 Å². The van der Waals surface area contributed by atoms with E-state index in [0.717, 1.165) is 45.6 Å². The Morgan fingerprint density at radius 1 is 0.580 bits per heavy atom. The Labute approximate surface area is 474 Å². The molecule has 430 valence electrons. The molecule has 0 aliphatic heterocycles. The predicted molar refractivity (Wildman–Crippen MR) is 303 cm³/mol. The van der Waals surface area contributed by atoms with E-state index in [9.17, 15) is 33.9 Å². The molecule has 81 heavy (non-hydrogen) atoms. The van der Waals surface area contributed by atoms with Crippen LogP contribution in [-0.2, 0) is 69.9 Å². The number of ether oxygens (including phenoxy) is 10. The van der Waals surface area contributed by atoms with Crippen LogP contribution in [0.2, 0.25) is 0 Å². The number of aromatic nitrogens is 1. The summed E-state index contributed by atoms with van der Waals surface area (Å²) in [6.45, 7) is 14.8. The van der Waals surface area contributed by atoms with Crippen molar-refractivity contribution in [3.05, 3.63) is 169 Å². The van der Waals surface area contributed by atoms with Crippen molar-refractivity contribution >= 4 is 68.7 Å². The highest BCUT2D eigenvalue weighted by Gasteiger charge is 2.18. The normalized spacial score (nSPS) is 11.6. The summed E-state index contributed by atoms with van der Waals surface area (Å²) in [4.78, 5) is 77.4. The average Bonchev–Trinajstić information content (AvgIpc) is 3.94. The van der Waals surface area contributed by atoms with Crippen LogP contribution in [0.15, 0.2) is 147 Å². The molecular formula is C60H67N3O17S. The largest absolute Gasteiger partial charge is 0.490 e. The number of hydrazone groups is 1. The maximum Gasteiger partial charge on any atom is 0.338 e. The van der Waals surface area contributed by atoms with Crippen LogP contribution in [-0.4, -0.2) is 144 Å². The first-order valence-electron chi connectivity index (χ1n) is 26.0. The summed E-state index contributed by atoms with van der Waals surface area (Å²) in [5, 5.41) is 16.9. The van der Waals surface area contributed by atoms with Gasteiger partial charge in [-0.05, 0) is 109 Å². The molecule has 0 aliphatic carbocycles. The van der Waals surface area contributed by atoms with Gasteiger partial charge in [0.05, 0.1) is 80.4 Å². The third-order valence-corrected chi connectivity index (χ3v) is 12.4. The Morgan fingerprint density at radius 3 is 1.59 bits per heavy atom. The van der Waals surface area contributed by atoms with E-state index in [2.05, 4.69) is 26.3 Å². The van der Waals surface area contributed by atoms with Crippen molar-refractivity contribution in [3.8, 4) is 11.5 Å². The lowest BCUT2D eigenvalue weighted by atomic mass is 10.0. The number of carbonyl (C=O) groups is 6. The number of hydrogen-bond acceptors (Lipinski definition) is 21. The first kappa shape index (κ1) is 63.3. The molecule has 0 saturated carbocycles. The molecular weight excluding hydrogens is 1070 g/mol. The molecule has 0 amide bonds. The number of anilines is 1. The summed E-state index contributed by atoms with van der Waals surface area (Å²) in [5.74, 6) is -2.57. The maximum absolute atomic E-state index is 13.2. The highest BCUT2D eigenvalue weighted by molar-refractivity contribution is 7.22. The summed E-state index contributed by atoms with van der Waals surface area (Å²) < 4.78 is 56.0. The summed E-state index contributed by atoms with van der Waals surface area (Å²) in [7, 11) is 0. The predicted octanol–water partition coefficient (Wildman–Crippen LogP) is 7.93. The summed E-state index contributed by atoms with van der Waals surface area (Å²) >= 11 is 1.44. The summed E-state index contributed by atoms with van der Waals surface area (Å²) in [5.41, 5.74) is 3.69. The van der Waals surface area contributed by atoms with Gasteiger partial charge in [0, 0.05) is 50.4 Å². The van der Waals surface area contributed by atoms with Gasteiger partial charge in [-0.25, -0.2) is 38.8 Å². The van der Waals surface area contributed by atoms with Crippen LogP contribution in [0.1, 0.15) is 63.1 Å². The van der Waals surface area contributed by atoms with Crippen molar-refractivity contribution in [1.82, 2.24) is 4.98 Å². The van der Waals surface area contributed by atoms with Gasteiger partial charge in [-0.2, -0.15) is 5.10 Å². The van der Waals surface area contributed by atoms with E-state index in [0.29, 0.717) is 73.9 Å². The first-order valence-corrected chi connectivity index (χ1v) is 26.8. The Balaban J connectivity index is 1.16. The van der Waals surface area contributed by atoms with Crippen LogP contribution in [0.25, 0.3) is 10.2 Å². The fourth-order valence-corrected chi connectivity index (χ4v) is 8.09. The molecule has 21 heteroatoms. The van der Waals surface area contributed by atoms with Gasteiger partial charge in [0.2, 0.25) is 5.13 Å². The van der Waals surface area contributed by atoms with Gasteiger partial charge in [0.25, 0.3) is 0 Å². The van der Waals surface area contributed by atoms with Gasteiger partial charge in [-0.1, -0.05) is 61.9 Å². The fraction of sp³-hybridized carbons (Fsp3) is 0.333. The monoisotopic (exact) mass is 1130 g/mol. The molecule has 0 saturated heterocycles. The van der Waals surface area contributed by atoms with Crippen molar-refractivity contribution < 1.29 is 81.2 Å². The third kappa shape index (κ3) is 23.4. The minimum atomic E-state index is -0.755. The Bertz CT molecular complexity index is 2850. The zero-order chi connectivity index (χ0) is 58.0. The van der Waals surface area contributed by atoms with Crippen molar-refractivity contribution in [3.63, 3.8) is 0 Å². The van der Waals surface area contributed by atoms with E-state index in [1.54, 1.807) is 59.8 Å². The molecule has 4 aromatic carbocycles. The quantitative estimate of drug-likeness (QED) is 0.00980. The molecule has 0 bridgehead atoms. The maximum atomic E-state index is 13.2. The molecule has 2 unspecified atom stereocenters. The Morgan fingerprint density at radius 2 is 1.09 bits per heavy atom. The van der Waals surface area contributed by atoms with Crippen molar-refractivity contribution in [2.75, 3.05) is 84.2 Å². The second kappa shape index (κ2) is 35.9. The van der Waals surface area contributed by atoms with E-state index in [4.69, 9.17) is 57.5 Å². The zero-order valence-corrected chi connectivity index (χ0v) is 45.8. The molecule has 2 atom stereocenters. The number of para-hydroxylation sites is 1. The van der Waals surface area contributed by atoms with Crippen molar-refractivity contribution in [1.29, 1.82) is 0 Å². The van der Waals surface area contributed by atoms with Gasteiger partial charge in [0.1, 0.15) is 24.7 Å². The molecule has 0 fully saturated rings. The van der Waals surface area contributed by atoms with Gasteiger partial charge in [-0.15, -0.1) is 0 Å². The molecule has 0 aliphatic rings. The smallest absolute Gasteiger partial charge is 0.338 e. The van der Waals surface area contributed by atoms with Crippen LogP contribution < -0.4 is 14.5 Å². The number of thiazole rings is 1. The number of aliphatic hydroxyl groups excluding tert-OH is 1.